The summed E-state index contributed by atoms with van der Waals surface area (Å²) in [6, 6.07) is 0. The van der Waals surface area contributed by atoms with Gasteiger partial charge < -0.3 is 15.2 Å². The molecule has 0 aromatic carbocycles. The summed E-state index contributed by atoms with van der Waals surface area (Å²) in [4.78, 5) is 11.7. The first-order chi connectivity index (χ1) is 8.24. The molecule has 1 atom stereocenters. The topological polar surface area (TPSA) is 58.6 Å². The van der Waals surface area contributed by atoms with Crippen molar-refractivity contribution in [2.75, 3.05) is 19.8 Å². The second-order valence-electron chi connectivity index (χ2n) is 5.48. The van der Waals surface area contributed by atoms with Crippen molar-refractivity contribution in [1.82, 2.24) is 5.32 Å². The van der Waals surface area contributed by atoms with Gasteiger partial charge in [0.15, 0.2) is 0 Å². The number of carbonyl (C=O) groups excluding carboxylic acids is 1. The van der Waals surface area contributed by atoms with Gasteiger partial charge in [-0.2, -0.15) is 0 Å². The van der Waals surface area contributed by atoms with Crippen LogP contribution in [0.5, 0.6) is 0 Å². The number of aliphatic hydroxyl groups excluding tert-OH is 1. The summed E-state index contributed by atoms with van der Waals surface area (Å²) < 4.78 is 5.44. The van der Waals surface area contributed by atoms with E-state index < -0.39 is 0 Å². The number of aliphatic hydroxyl groups is 1. The van der Waals surface area contributed by atoms with Crippen molar-refractivity contribution in [3.63, 3.8) is 0 Å². The van der Waals surface area contributed by atoms with Crippen LogP contribution in [0.3, 0.4) is 0 Å². The summed E-state index contributed by atoms with van der Waals surface area (Å²) in [6.07, 6.45) is 7.06. The summed E-state index contributed by atoms with van der Waals surface area (Å²) >= 11 is 0. The number of nitrogens with one attached hydrogen (secondary N) is 1. The van der Waals surface area contributed by atoms with E-state index in [1.165, 1.54) is 12.8 Å². The molecule has 1 saturated carbocycles. The number of ether oxygens (including phenoxy) is 1. The first-order valence-corrected chi connectivity index (χ1v) is 6.73. The summed E-state index contributed by atoms with van der Waals surface area (Å²) in [6.45, 7) is 1.60. The Labute approximate surface area is 103 Å². The molecule has 4 heteroatoms. The van der Waals surface area contributed by atoms with Gasteiger partial charge in [-0.1, -0.05) is 12.8 Å². The Hall–Kier alpha value is -0.610. The van der Waals surface area contributed by atoms with Crippen molar-refractivity contribution in [3.8, 4) is 0 Å². The van der Waals surface area contributed by atoms with Crippen LogP contribution in [-0.2, 0) is 9.53 Å². The van der Waals surface area contributed by atoms with E-state index in [0.717, 1.165) is 32.3 Å². The molecule has 0 aromatic rings. The molecule has 98 valence electrons. The van der Waals surface area contributed by atoms with Gasteiger partial charge >= 0.3 is 0 Å². The minimum atomic E-state index is -0.0494. The second-order valence-corrected chi connectivity index (χ2v) is 5.48. The molecule has 1 aliphatic heterocycles. The zero-order valence-corrected chi connectivity index (χ0v) is 10.4. The molecule has 4 nitrogen and oxygen atoms in total. The van der Waals surface area contributed by atoms with Gasteiger partial charge in [0.1, 0.15) is 0 Å². The number of hydrogen-bond acceptors (Lipinski definition) is 3. The lowest BCUT2D eigenvalue weighted by Crippen LogP contribution is -2.39. The molecule has 2 aliphatic rings. The Morgan fingerprint density at radius 2 is 2.12 bits per heavy atom. The lowest BCUT2D eigenvalue weighted by molar-refractivity contribution is -0.123. The van der Waals surface area contributed by atoms with Crippen molar-refractivity contribution in [2.45, 2.75) is 51.0 Å². The highest BCUT2D eigenvalue weighted by molar-refractivity contribution is 5.76. The molecule has 1 saturated heterocycles. The summed E-state index contributed by atoms with van der Waals surface area (Å²) in [5, 5.41) is 12.4. The van der Waals surface area contributed by atoms with Gasteiger partial charge in [-0.15, -0.1) is 0 Å². The minimum Gasteiger partial charge on any atom is -0.396 e. The molecule has 0 aromatic heterocycles. The van der Waals surface area contributed by atoms with Crippen LogP contribution in [0.1, 0.15) is 44.9 Å². The maximum Gasteiger partial charge on any atom is 0.222 e. The van der Waals surface area contributed by atoms with Crippen LogP contribution in [0.4, 0.5) is 0 Å². The molecule has 1 unspecified atom stereocenters. The van der Waals surface area contributed by atoms with Crippen molar-refractivity contribution < 1.29 is 14.6 Å². The fourth-order valence-electron chi connectivity index (χ4n) is 2.89. The van der Waals surface area contributed by atoms with Crippen LogP contribution in [0.2, 0.25) is 0 Å². The number of rotatable bonds is 5. The highest BCUT2D eigenvalue weighted by atomic mass is 16.5. The third-order valence-electron chi connectivity index (χ3n) is 4.10. The van der Waals surface area contributed by atoms with E-state index in [0.29, 0.717) is 13.0 Å². The molecule has 2 N–H and O–H groups in total. The Morgan fingerprint density at radius 1 is 1.35 bits per heavy atom. The zero-order valence-electron chi connectivity index (χ0n) is 10.4. The average molecular weight is 241 g/mol. The van der Waals surface area contributed by atoms with Crippen LogP contribution in [0.25, 0.3) is 0 Å². The molecular weight excluding hydrogens is 218 g/mol. The molecule has 0 spiro atoms. The summed E-state index contributed by atoms with van der Waals surface area (Å²) in [5.74, 6) is 0.0663. The van der Waals surface area contributed by atoms with Crippen molar-refractivity contribution >= 4 is 5.91 Å². The Morgan fingerprint density at radius 3 is 2.71 bits per heavy atom. The van der Waals surface area contributed by atoms with Crippen molar-refractivity contribution in [3.05, 3.63) is 0 Å². The largest absolute Gasteiger partial charge is 0.396 e. The van der Waals surface area contributed by atoms with Gasteiger partial charge in [0.05, 0.1) is 19.1 Å². The molecule has 2 rings (SSSR count). The quantitative estimate of drug-likeness (QED) is 0.761. The monoisotopic (exact) mass is 241 g/mol. The number of carbonyl (C=O) groups is 1. The Balaban J connectivity index is 1.71. The molecule has 17 heavy (non-hydrogen) atoms. The third kappa shape index (κ3) is 3.42. The Kier molecular flexibility index (Phi) is 4.40. The van der Waals surface area contributed by atoms with Gasteiger partial charge in [0, 0.05) is 18.6 Å². The average Bonchev–Trinajstić information content (AvgIpc) is 2.98. The zero-order chi connectivity index (χ0) is 12.1. The molecule has 1 amide bonds. The molecule has 0 bridgehead atoms. The fourth-order valence-corrected chi connectivity index (χ4v) is 2.89. The van der Waals surface area contributed by atoms with Crippen LogP contribution < -0.4 is 5.32 Å². The first-order valence-electron chi connectivity index (χ1n) is 6.73. The fraction of sp³-hybridized carbons (Fsp3) is 0.923. The van der Waals surface area contributed by atoms with Crippen LogP contribution in [-0.4, -0.2) is 36.9 Å². The second kappa shape index (κ2) is 5.83. The molecule has 2 fully saturated rings. The van der Waals surface area contributed by atoms with E-state index in [1.807, 2.05) is 0 Å². The van der Waals surface area contributed by atoms with Crippen molar-refractivity contribution in [2.24, 2.45) is 5.41 Å². The first kappa shape index (κ1) is 12.8. The SMILES string of the molecule is O=C(CC1CCCO1)NCC1(CO)CCCC1. The number of hydrogen-bond donors (Lipinski definition) is 2. The van der Waals surface area contributed by atoms with E-state index in [4.69, 9.17) is 4.74 Å². The smallest absolute Gasteiger partial charge is 0.222 e. The van der Waals surface area contributed by atoms with Crippen molar-refractivity contribution in [1.29, 1.82) is 0 Å². The van der Waals surface area contributed by atoms with Gasteiger partial charge in [0.25, 0.3) is 0 Å². The van der Waals surface area contributed by atoms with Crippen LogP contribution >= 0.6 is 0 Å². The predicted octanol–water partition coefficient (Wildman–Crippen LogP) is 1.22. The van der Waals surface area contributed by atoms with Gasteiger partial charge in [-0.05, 0) is 25.7 Å². The third-order valence-corrected chi connectivity index (χ3v) is 4.10. The predicted molar refractivity (Wildman–Crippen MR) is 64.6 cm³/mol. The van der Waals surface area contributed by atoms with E-state index in [-0.39, 0.29) is 24.0 Å². The van der Waals surface area contributed by atoms with Crippen LogP contribution in [0, 0.1) is 5.41 Å². The molecule has 1 aliphatic carbocycles. The lowest BCUT2D eigenvalue weighted by Gasteiger charge is -2.26. The lowest BCUT2D eigenvalue weighted by atomic mass is 9.87. The standard InChI is InChI=1S/C13H23NO3/c15-10-13(5-1-2-6-13)9-14-12(16)8-11-4-3-7-17-11/h11,15H,1-10H2,(H,14,16). The maximum absolute atomic E-state index is 11.7. The maximum atomic E-state index is 11.7. The summed E-state index contributed by atoms with van der Waals surface area (Å²) in [7, 11) is 0. The molecular formula is C13H23NO3. The van der Waals surface area contributed by atoms with Crippen LogP contribution in [0.15, 0.2) is 0 Å². The summed E-state index contributed by atoms with van der Waals surface area (Å²) in [5.41, 5.74) is -0.0494. The van der Waals surface area contributed by atoms with E-state index >= 15 is 0 Å². The van der Waals surface area contributed by atoms with Gasteiger partial charge in [-0.25, -0.2) is 0 Å². The molecule has 1 heterocycles. The number of amides is 1. The highest BCUT2D eigenvalue weighted by Gasteiger charge is 2.33. The Bertz CT molecular complexity index is 255. The van der Waals surface area contributed by atoms with E-state index in [9.17, 15) is 9.90 Å². The van der Waals surface area contributed by atoms with Gasteiger partial charge in [-0.3, -0.25) is 4.79 Å². The van der Waals surface area contributed by atoms with E-state index in [2.05, 4.69) is 5.32 Å². The minimum absolute atomic E-state index is 0.0494. The molecule has 0 radical (unpaired) electrons. The van der Waals surface area contributed by atoms with Gasteiger partial charge in [0.2, 0.25) is 5.91 Å². The highest BCUT2D eigenvalue weighted by Crippen LogP contribution is 2.36. The normalized spacial score (nSPS) is 27.2. The van der Waals surface area contributed by atoms with E-state index in [1.54, 1.807) is 0 Å².